The molecule has 3 heteroatoms. The fraction of sp³-hybridized carbons (Fsp3) is 0.462. The summed E-state index contributed by atoms with van der Waals surface area (Å²) in [4.78, 5) is 7.62. The molecule has 16 heavy (non-hydrogen) atoms. The molecular weight excluding hydrogens is 200 g/mol. The molecular formula is C13H18N2O. The molecule has 3 nitrogen and oxygen atoms in total. The molecule has 2 heterocycles. The van der Waals surface area contributed by atoms with Gasteiger partial charge >= 0.3 is 0 Å². The van der Waals surface area contributed by atoms with Gasteiger partial charge in [0.25, 0.3) is 0 Å². The van der Waals surface area contributed by atoms with Crippen LogP contribution < -0.4 is 0 Å². The smallest absolute Gasteiger partial charge is 0.137 e. The standard InChI is InChI=1S/C13H18N2O/c1-4-9-7-14-13-11(9)6-10(8-15-13)12(5-2)16-3/h6-8,12H,4-5H2,1-3H3,(H,14,15). The number of nitrogens with one attached hydrogen (secondary N) is 1. The zero-order chi connectivity index (χ0) is 11.5. The summed E-state index contributed by atoms with van der Waals surface area (Å²) in [5.74, 6) is 0. The number of nitrogens with zero attached hydrogens (tertiary/aromatic N) is 1. The van der Waals surface area contributed by atoms with E-state index in [1.807, 2.05) is 12.4 Å². The monoisotopic (exact) mass is 218 g/mol. The van der Waals surface area contributed by atoms with Crippen LogP contribution in [0.2, 0.25) is 0 Å². The Labute approximate surface area is 95.8 Å². The first-order valence-electron chi connectivity index (χ1n) is 5.78. The second-order valence-corrected chi connectivity index (χ2v) is 3.96. The van der Waals surface area contributed by atoms with Gasteiger partial charge in [-0.05, 0) is 30.0 Å². The lowest BCUT2D eigenvalue weighted by Gasteiger charge is -2.12. The average Bonchev–Trinajstić information content (AvgIpc) is 2.73. The van der Waals surface area contributed by atoms with Crippen LogP contribution in [0.4, 0.5) is 0 Å². The van der Waals surface area contributed by atoms with Gasteiger partial charge in [0.2, 0.25) is 0 Å². The van der Waals surface area contributed by atoms with Crippen LogP contribution in [0, 0.1) is 0 Å². The maximum absolute atomic E-state index is 5.43. The molecule has 1 unspecified atom stereocenters. The first-order chi connectivity index (χ1) is 7.80. The predicted molar refractivity (Wildman–Crippen MR) is 65.5 cm³/mol. The first-order valence-corrected chi connectivity index (χ1v) is 5.78. The summed E-state index contributed by atoms with van der Waals surface area (Å²) in [6.07, 6.45) is 6.08. The van der Waals surface area contributed by atoms with Crippen LogP contribution in [0.15, 0.2) is 18.5 Å². The van der Waals surface area contributed by atoms with Gasteiger partial charge in [0.05, 0.1) is 6.10 Å². The van der Waals surface area contributed by atoms with E-state index in [9.17, 15) is 0 Å². The minimum Gasteiger partial charge on any atom is -0.377 e. The number of aromatic amines is 1. The Bertz CT molecular complexity index is 472. The van der Waals surface area contributed by atoms with Crippen molar-refractivity contribution in [2.45, 2.75) is 32.8 Å². The third-order valence-electron chi connectivity index (χ3n) is 3.05. The van der Waals surface area contributed by atoms with Crippen molar-refractivity contribution in [3.63, 3.8) is 0 Å². The Morgan fingerprint density at radius 2 is 2.25 bits per heavy atom. The van der Waals surface area contributed by atoms with E-state index in [0.717, 1.165) is 24.1 Å². The van der Waals surface area contributed by atoms with E-state index in [2.05, 4.69) is 29.9 Å². The average molecular weight is 218 g/mol. The van der Waals surface area contributed by atoms with Crippen LogP contribution in [-0.2, 0) is 11.2 Å². The molecule has 0 aliphatic rings. The fourth-order valence-corrected chi connectivity index (χ4v) is 2.08. The highest BCUT2D eigenvalue weighted by Gasteiger charge is 2.11. The Kier molecular flexibility index (Phi) is 3.25. The van der Waals surface area contributed by atoms with E-state index in [1.54, 1.807) is 7.11 Å². The molecule has 0 aromatic carbocycles. The van der Waals surface area contributed by atoms with E-state index in [1.165, 1.54) is 10.9 Å². The molecule has 2 aromatic rings. The van der Waals surface area contributed by atoms with E-state index >= 15 is 0 Å². The van der Waals surface area contributed by atoms with Gasteiger partial charge in [-0.2, -0.15) is 0 Å². The molecule has 0 spiro atoms. The zero-order valence-electron chi connectivity index (χ0n) is 10.1. The van der Waals surface area contributed by atoms with Gasteiger partial charge in [-0.15, -0.1) is 0 Å². The van der Waals surface area contributed by atoms with E-state index in [-0.39, 0.29) is 6.10 Å². The predicted octanol–water partition coefficient (Wildman–Crippen LogP) is 3.22. The maximum Gasteiger partial charge on any atom is 0.137 e. The number of methoxy groups -OCH3 is 1. The highest BCUT2D eigenvalue weighted by molar-refractivity contribution is 5.80. The van der Waals surface area contributed by atoms with E-state index in [4.69, 9.17) is 4.74 Å². The molecule has 2 aromatic heterocycles. The number of rotatable bonds is 4. The summed E-state index contributed by atoms with van der Waals surface area (Å²) in [7, 11) is 1.75. The SMILES string of the molecule is CCc1c[nH]c2ncc(C(CC)OC)cc12. The van der Waals surface area contributed by atoms with Crippen molar-refractivity contribution >= 4 is 11.0 Å². The van der Waals surface area contributed by atoms with E-state index < -0.39 is 0 Å². The molecule has 0 saturated heterocycles. The Balaban J connectivity index is 2.48. The summed E-state index contributed by atoms with van der Waals surface area (Å²) in [5, 5.41) is 1.22. The van der Waals surface area contributed by atoms with Crippen molar-refractivity contribution < 1.29 is 4.74 Å². The largest absolute Gasteiger partial charge is 0.377 e. The number of pyridine rings is 1. The van der Waals surface area contributed by atoms with Crippen molar-refractivity contribution in [3.8, 4) is 0 Å². The van der Waals surface area contributed by atoms with Crippen LogP contribution in [0.5, 0.6) is 0 Å². The molecule has 0 radical (unpaired) electrons. The molecule has 0 bridgehead atoms. The second kappa shape index (κ2) is 4.66. The third kappa shape index (κ3) is 1.83. The van der Waals surface area contributed by atoms with Crippen molar-refractivity contribution in [2.24, 2.45) is 0 Å². The summed E-state index contributed by atoms with van der Waals surface area (Å²) in [5.41, 5.74) is 3.44. The number of fused-ring (bicyclic) bond motifs is 1. The lowest BCUT2D eigenvalue weighted by Crippen LogP contribution is -2.00. The summed E-state index contributed by atoms with van der Waals surface area (Å²) in [6.45, 7) is 4.28. The zero-order valence-corrected chi connectivity index (χ0v) is 10.1. The third-order valence-corrected chi connectivity index (χ3v) is 3.05. The van der Waals surface area contributed by atoms with Gasteiger partial charge in [0.1, 0.15) is 5.65 Å². The van der Waals surface area contributed by atoms with Gasteiger partial charge < -0.3 is 9.72 Å². The van der Waals surface area contributed by atoms with Crippen molar-refractivity contribution in [2.75, 3.05) is 7.11 Å². The molecule has 0 saturated carbocycles. The number of H-pyrrole nitrogens is 1. The summed E-state index contributed by atoms with van der Waals surface area (Å²) >= 11 is 0. The highest BCUT2D eigenvalue weighted by Crippen LogP contribution is 2.24. The number of hydrogen-bond acceptors (Lipinski definition) is 2. The molecule has 0 aliphatic heterocycles. The molecule has 1 atom stereocenters. The Morgan fingerprint density at radius 1 is 1.44 bits per heavy atom. The second-order valence-electron chi connectivity index (χ2n) is 3.96. The minimum atomic E-state index is 0.150. The van der Waals surface area contributed by atoms with Gasteiger partial charge in [-0.3, -0.25) is 0 Å². The topological polar surface area (TPSA) is 37.9 Å². The molecule has 2 rings (SSSR count). The van der Waals surface area contributed by atoms with Crippen LogP contribution in [-0.4, -0.2) is 17.1 Å². The molecule has 1 N–H and O–H groups in total. The fourth-order valence-electron chi connectivity index (χ4n) is 2.08. The highest BCUT2D eigenvalue weighted by atomic mass is 16.5. The number of aromatic nitrogens is 2. The Morgan fingerprint density at radius 3 is 2.88 bits per heavy atom. The lowest BCUT2D eigenvalue weighted by atomic mass is 10.1. The van der Waals surface area contributed by atoms with Crippen LogP contribution in [0.1, 0.15) is 37.5 Å². The summed E-state index contributed by atoms with van der Waals surface area (Å²) in [6, 6.07) is 2.19. The van der Waals surface area contributed by atoms with Crippen molar-refractivity contribution in [3.05, 3.63) is 29.6 Å². The van der Waals surface area contributed by atoms with E-state index in [0.29, 0.717) is 0 Å². The Hall–Kier alpha value is -1.35. The van der Waals surface area contributed by atoms with Gasteiger partial charge in [0, 0.05) is 24.9 Å². The van der Waals surface area contributed by atoms with Crippen molar-refractivity contribution in [1.82, 2.24) is 9.97 Å². The first kappa shape index (κ1) is 11.1. The van der Waals surface area contributed by atoms with Crippen LogP contribution in [0.3, 0.4) is 0 Å². The van der Waals surface area contributed by atoms with Crippen molar-refractivity contribution in [1.29, 1.82) is 0 Å². The number of ether oxygens (including phenoxy) is 1. The van der Waals surface area contributed by atoms with Crippen LogP contribution in [0.25, 0.3) is 11.0 Å². The molecule has 0 aliphatic carbocycles. The van der Waals surface area contributed by atoms with Gasteiger partial charge in [-0.25, -0.2) is 4.98 Å². The van der Waals surface area contributed by atoms with Crippen LogP contribution >= 0.6 is 0 Å². The number of hydrogen-bond donors (Lipinski definition) is 1. The van der Waals surface area contributed by atoms with Gasteiger partial charge in [0.15, 0.2) is 0 Å². The minimum absolute atomic E-state index is 0.150. The molecule has 86 valence electrons. The molecule has 0 amide bonds. The quantitative estimate of drug-likeness (QED) is 0.855. The van der Waals surface area contributed by atoms with Gasteiger partial charge in [-0.1, -0.05) is 13.8 Å². The summed E-state index contributed by atoms with van der Waals surface area (Å²) < 4.78 is 5.43. The molecule has 0 fully saturated rings. The number of aryl methyl sites for hydroxylation is 1. The maximum atomic E-state index is 5.43. The lowest BCUT2D eigenvalue weighted by molar-refractivity contribution is 0.0999. The normalized spacial score (nSPS) is 13.2.